The molecule has 2 aliphatic rings. The second-order valence-electron chi connectivity index (χ2n) is 7.65. The van der Waals surface area contributed by atoms with Crippen LogP contribution in [0.25, 0.3) is 0 Å². The number of nitrogens with zero attached hydrogens (tertiary/aromatic N) is 4. The zero-order valence-electron chi connectivity index (χ0n) is 18.8. The van der Waals surface area contributed by atoms with Gasteiger partial charge in [-0.15, -0.1) is 23.1 Å². The largest absolute Gasteiger partial charge is 0.477 e. The van der Waals surface area contributed by atoms with Gasteiger partial charge in [0.05, 0.1) is 4.88 Å². The summed E-state index contributed by atoms with van der Waals surface area (Å²) in [4.78, 5) is 49.0. The van der Waals surface area contributed by atoms with E-state index < -0.39 is 29.2 Å². The molecule has 0 unspecified atom stereocenters. The third-order valence-electron chi connectivity index (χ3n) is 5.56. The molecule has 35 heavy (non-hydrogen) atoms. The van der Waals surface area contributed by atoms with Crippen LogP contribution in [0.15, 0.2) is 27.3 Å². The molecule has 2 aliphatic heterocycles. The Morgan fingerprint density at radius 2 is 2.20 bits per heavy atom. The van der Waals surface area contributed by atoms with Crippen LogP contribution < -0.4 is 15.6 Å². The predicted molar refractivity (Wildman–Crippen MR) is 130 cm³/mol. The van der Waals surface area contributed by atoms with Gasteiger partial charge in [-0.3, -0.25) is 14.5 Å². The van der Waals surface area contributed by atoms with Crippen molar-refractivity contribution in [3.05, 3.63) is 38.4 Å². The Morgan fingerprint density at radius 3 is 2.83 bits per heavy atom. The number of aliphatic hydroxyl groups excluding tert-OH is 1. The number of oxime groups is 1. The number of carboxylic acids is 1. The predicted octanol–water partition coefficient (Wildman–Crippen LogP) is -0.293. The van der Waals surface area contributed by atoms with Gasteiger partial charge in [0.25, 0.3) is 11.8 Å². The number of carbonyl (C=O) groups excluding carboxylic acids is 2. The number of carbonyl (C=O) groups is 3. The highest BCUT2D eigenvalue weighted by atomic mass is 32.2. The van der Waals surface area contributed by atoms with Crippen LogP contribution in [0, 0.1) is 6.92 Å². The highest BCUT2D eigenvalue weighted by molar-refractivity contribution is 8.00. The normalized spacial score (nSPS) is 19.9. The lowest BCUT2D eigenvalue weighted by Crippen LogP contribution is -2.71. The van der Waals surface area contributed by atoms with Gasteiger partial charge < -0.3 is 26.1 Å². The summed E-state index contributed by atoms with van der Waals surface area (Å²) in [6.45, 7) is 2.26. The Labute approximate surface area is 212 Å². The molecule has 4 rings (SSSR count). The SMILES string of the molecule is CON=C(C(=O)N[C@@H]1C(=O)N2C(C(=O)O)=C(C[n+]3csc(CCO)c3C)CS[C@H]12)c1csc(N)n1. The maximum Gasteiger partial charge on any atom is 0.352 e. The van der Waals surface area contributed by atoms with E-state index in [1.54, 1.807) is 5.38 Å². The third-order valence-corrected chi connectivity index (χ3v) is 8.71. The molecule has 0 saturated carbocycles. The molecule has 0 aliphatic carbocycles. The molecule has 2 aromatic heterocycles. The molecular weight excluding hydrogens is 516 g/mol. The number of hydrogen-bond acceptors (Lipinski definition) is 11. The van der Waals surface area contributed by atoms with Crippen molar-refractivity contribution >= 4 is 63.1 Å². The van der Waals surface area contributed by atoms with Crippen molar-refractivity contribution in [1.29, 1.82) is 0 Å². The molecule has 2 amide bonds. The van der Waals surface area contributed by atoms with Crippen molar-refractivity contribution in [2.75, 3.05) is 25.2 Å². The second kappa shape index (κ2) is 10.3. The standard InChI is InChI=1S/C20H22N6O6S3/c1-9-12(3-4-27)35-8-25(9)5-10-6-33-18-14(17(29)26(18)15(10)19(30)31)23-16(28)13(24-32-2)11-7-34-20(21)22-11/h7-8,14,18,27H,3-6H2,1-2H3,(H3-,21,22,23,28,30,31)/p+1/t14-,18-/m1/s1. The van der Waals surface area contributed by atoms with Crippen LogP contribution in [0.1, 0.15) is 16.3 Å². The number of aromatic nitrogens is 2. The topological polar surface area (TPSA) is 171 Å². The number of hydrogen-bond donors (Lipinski definition) is 4. The summed E-state index contributed by atoms with van der Waals surface area (Å²) in [5.74, 6) is -2.02. The van der Waals surface area contributed by atoms with Crippen LogP contribution in [0.4, 0.5) is 5.13 Å². The van der Waals surface area contributed by atoms with E-state index in [1.165, 1.54) is 35.1 Å². The molecule has 0 aromatic carbocycles. The molecule has 1 fully saturated rings. The zero-order valence-corrected chi connectivity index (χ0v) is 21.2. The Bertz CT molecular complexity index is 1240. The highest BCUT2D eigenvalue weighted by Crippen LogP contribution is 2.40. The molecule has 4 heterocycles. The van der Waals surface area contributed by atoms with E-state index in [9.17, 15) is 24.6 Å². The number of aliphatic carboxylic acids is 1. The summed E-state index contributed by atoms with van der Waals surface area (Å²) in [5, 5.41) is 26.7. The van der Waals surface area contributed by atoms with E-state index >= 15 is 0 Å². The molecule has 5 N–H and O–H groups in total. The molecule has 0 spiro atoms. The highest BCUT2D eigenvalue weighted by Gasteiger charge is 2.55. The maximum atomic E-state index is 13.0. The zero-order chi connectivity index (χ0) is 25.3. The van der Waals surface area contributed by atoms with Gasteiger partial charge in [0, 0.05) is 36.7 Å². The molecule has 2 atom stereocenters. The summed E-state index contributed by atoms with van der Waals surface area (Å²) in [6, 6.07) is -0.923. The molecule has 0 radical (unpaired) electrons. The summed E-state index contributed by atoms with van der Waals surface area (Å²) in [7, 11) is 1.28. The number of β-lactam (4-membered cyclic amide) rings is 1. The monoisotopic (exact) mass is 539 g/mol. The Morgan fingerprint density at radius 1 is 1.43 bits per heavy atom. The van der Waals surface area contributed by atoms with E-state index in [2.05, 4.69) is 15.5 Å². The Hall–Kier alpha value is -3.01. The summed E-state index contributed by atoms with van der Waals surface area (Å²) in [6.07, 6.45) is 0.527. The van der Waals surface area contributed by atoms with E-state index in [1.807, 2.05) is 17.0 Å². The Balaban J connectivity index is 1.53. The van der Waals surface area contributed by atoms with Gasteiger partial charge in [0.1, 0.15) is 29.9 Å². The molecule has 1 saturated heterocycles. The van der Waals surface area contributed by atoms with Crippen molar-refractivity contribution in [3.8, 4) is 0 Å². The third kappa shape index (κ3) is 4.76. The lowest BCUT2D eigenvalue weighted by Gasteiger charge is -2.49. The maximum absolute atomic E-state index is 13.0. The van der Waals surface area contributed by atoms with Gasteiger partial charge in [-0.2, -0.15) is 4.57 Å². The average molecular weight is 540 g/mol. The lowest BCUT2D eigenvalue weighted by atomic mass is 10.0. The fourth-order valence-corrected chi connectivity index (χ4v) is 6.73. The molecule has 0 bridgehead atoms. The fraction of sp³-hybridized carbons (Fsp3) is 0.400. The number of nitrogen functional groups attached to an aromatic ring is 1. The van der Waals surface area contributed by atoms with Gasteiger partial charge >= 0.3 is 5.97 Å². The number of anilines is 1. The summed E-state index contributed by atoms with van der Waals surface area (Å²) in [5.41, 5.74) is 9.08. The van der Waals surface area contributed by atoms with Crippen molar-refractivity contribution < 1.29 is 34.0 Å². The van der Waals surface area contributed by atoms with Crippen molar-refractivity contribution in [2.24, 2.45) is 5.16 Å². The molecular formula is C20H23N6O6S3+. The van der Waals surface area contributed by atoms with Crippen LogP contribution in [0.2, 0.25) is 0 Å². The molecule has 186 valence electrons. The van der Waals surface area contributed by atoms with Gasteiger partial charge in [-0.1, -0.05) is 16.5 Å². The first-order valence-corrected chi connectivity index (χ1v) is 13.2. The van der Waals surface area contributed by atoms with Gasteiger partial charge in [-0.25, -0.2) is 9.78 Å². The number of nitrogens with two attached hydrogens (primary N) is 1. The number of fused-ring (bicyclic) bond motifs is 1. The number of thiazole rings is 2. The van der Waals surface area contributed by atoms with Crippen LogP contribution in [0.3, 0.4) is 0 Å². The molecule has 15 heteroatoms. The van der Waals surface area contributed by atoms with E-state index in [4.69, 9.17) is 10.6 Å². The summed E-state index contributed by atoms with van der Waals surface area (Å²) < 4.78 is 1.92. The average Bonchev–Trinajstić information content (AvgIpc) is 3.41. The first-order chi connectivity index (χ1) is 16.8. The van der Waals surface area contributed by atoms with Crippen molar-refractivity contribution in [3.63, 3.8) is 0 Å². The number of amides is 2. The molecule has 12 nitrogen and oxygen atoms in total. The minimum Gasteiger partial charge on any atom is -0.477 e. The first kappa shape index (κ1) is 25.1. The smallest absolute Gasteiger partial charge is 0.352 e. The number of carboxylic acid groups (broad SMARTS) is 1. The van der Waals surface area contributed by atoms with Crippen LogP contribution in [-0.2, 0) is 32.2 Å². The van der Waals surface area contributed by atoms with Crippen LogP contribution >= 0.6 is 34.4 Å². The molecule has 2 aromatic rings. The van der Waals surface area contributed by atoms with Crippen LogP contribution in [0.5, 0.6) is 0 Å². The summed E-state index contributed by atoms with van der Waals surface area (Å²) >= 11 is 4.00. The van der Waals surface area contributed by atoms with Gasteiger partial charge in [0.15, 0.2) is 23.1 Å². The second-order valence-corrected chi connectivity index (χ2v) is 10.6. The van der Waals surface area contributed by atoms with Gasteiger partial charge in [-0.05, 0) is 0 Å². The van der Waals surface area contributed by atoms with E-state index in [-0.39, 0.29) is 28.8 Å². The number of thioether (sulfide) groups is 1. The van der Waals surface area contributed by atoms with E-state index in [0.29, 0.717) is 24.3 Å². The quantitative estimate of drug-likeness (QED) is 0.145. The number of nitrogens with one attached hydrogen (secondary N) is 1. The van der Waals surface area contributed by atoms with Crippen LogP contribution in [-0.4, -0.2) is 74.5 Å². The Kier molecular flexibility index (Phi) is 7.39. The fourth-order valence-electron chi connectivity index (χ4n) is 3.86. The van der Waals surface area contributed by atoms with E-state index in [0.717, 1.165) is 21.9 Å². The van der Waals surface area contributed by atoms with Crippen molar-refractivity contribution in [1.82, 2.24) is 15.2 Å². The number of aliphatic hydroxyl groups is 1. The minimum atomic E-state index is -1.20. The minimum absolute atomic E-state index is 0.0318. The lowest BCUT2D eigenvalue weighted by molar-refractivity contribution is -0.690. The first-order valence-electron chi connectivity index (χ1n) is 10.4. The van der Waals surface area contributed by atoms with Crippen molar-refractivity contribution in [2.45, 2.75) is 31.3 Å². The van der Waals surface area contributed by atoms with Gasteiger partial charge in [0.2, 0.25) is 5.51 Å². The number of rotatable bonds is 9.